The van der Waals surface area contributed by atoms with Gasteiger partial charge in [0.15, 0.2) is 0 Å². The Morgan fingerprint density at radius 3 is 2.62 bits per heavy atom. The Morgan fingerprint density at radius 1 is 1.23 bits per heavy atom. The Bertz CT molecular complexity index is 891. The van der Waals surface area contributed by atoms with Gasteiger partial charge in [-0.25, -0.2) is 4.98 Å². The third kappa shape index (κ3) is 4.12. The number of carbonyl (C=O) groups is 1. The van der Waals surface area contributed by atoms with Crippen molar-refractivity contribution in [2.24, 2.45) is 0 Å². The number of carbonyl (C=O) groups excluding carboxylic acids is 1. The number of hydrogen-bond acceptors (Lipinski definition) is 3. The van der Waals surface area contributed by atoms with Crippen LogP contribution in [0.15, 0.2) is 48.9 Å². The van der Waals surface area contributed by atoms with Gasteiger partial charge in [0.2, 0.25) is 6.41 Å². The van der Waals surface area contributed by atoms with E-state index in [1.807, 2.05) is 62.0 Å². The van der Waals surface area contributed by atoms with Crippen LogP contribution in [-0.2, 0) is 11.4 Å². The maximum atomic E-state index is 10.6. The molecule has 0 bridgehead atoms. The van der Waals surface area contributed by atoms with E-state index in [0.29, 0.717) is 17.3 Å². The quantitative estimate of drug-likeness (QED) is 0.644. The van der Waals surface area contributed by atoms with Crippen LogP contribution in [0.1, 0.15) is 25.0 Å². The van der Waals surface area contributed by atoms with Gasteiger partial charge < -0.3 is 15.0 Å². The Morgan fingerprint density at radius 2 is 1.96 bits per heavy atom. The van der Waals surface area contributed by atoms with Crippen molar-refractivity contribution in [3.8, 4) is 16.8 Å². The molecule has 2 N–H and O–H groups in total. The predicted molar refractivity (Wildman–Crippen MR) is 106 cm³/mol. The van der Waals surface area contributed by atoms with Gasteiger partial charge in [0, 0.05) is 46.4 Å². The molecule has 2 heterocycles. The lowest BCUT2D eigenvalue weighted by Gasteiger charge is -2.09. The number of benzene rings is 1. The van der Waals surface area contributed by atoms with E-state index in [1.165, 1.54) is 0 Å². The van der Waals surface area contributed by atoms with Crippen molar-refractivity contribution in [1.82, 2.24) is 9.55 Å². The summed E-state index contributed by atoms with van der Waals surface area (Å²) in [4.78, 5) is 14.8. The minimum absolute atomic E-state index is 0.100. The Labute approximate surface area is 158 Å². The molecule has 0 atom stereocenters. The molecular weight excluding hydrogens is 350 g/mol. The molecule has 0 saturated heterocycles. The SMILES string of the molecule is CC.Cc1cnc(NC=O)cc1-n1cc(CO)c(-c2ccccc2Cl)c1. The number of aliphatic hydroxyl groups is 1. The van der Waals surface area contributed by atoms with Gasteiger partial charge in [-0.2, -0.15) is 0 Å². The van der Waals surface area contributed by atoms with Crippen molar-refractivity contribution in [3.05, 3.63) is 65.1 Å². The number of nitrogens with one attached hydrogen (secondary N) is 1. The number of aryl methyl sites for hydroxylation is 1. The van der Waals surface area contributed by atoms with E-state index in [4.69, 9.17) is 11.6 Å². The van der Waals surface area contributed by atoms with E-state index in [-0.39, 0.29) is 6.61 Å². The van der Waals surface area contributed by atoms with E-state index in [9.17, 15) is 9.90 Å². The number of aromatic nitrogens is 2. The summed E-state index contributed by atoms with van der Waals surface area (Å²) >= 11 is 6.29. The predicted octanol–water partition coefficient (Wildman–Crippen LogP) is 4.59. The highest BCUT2D eigenvalue weighted by molar-refractivity contribution is 6.33. The molecule has 0 spiro atoms. The molecule has 0 unspecified atom stereocenters. The molecule has 1 amide bonds. The lowest BCUT2D eigenvalue weighted by molar-refractivity contribution is -0.105. The average molecular weight is 372 g/mol. The summed E-state index contributed by atoms with van der Waals surface area (Å²) in [7, 11) is 0. The molecule has 0 aliphatic rings. The van der Waals surface area contributed by atoms with Gasteiger partial charge in [-0.3, -0.25) is 4.79 Å². The summed E-state index contributed by atoms with van der Waals surface area (Å²) in [6.45, 7) is 5.83. The van der Waals surface area contributed by atoms with Crippen LogP contribution >= 0.6 is 11.6 Å². The summed E-state index contributed by atoms with van der Waals surface area (Å²) in [5, 5.41) is 12.9. The van der Waals surface area contributed by atoms with E-state index < -0.39 is 0 Å². The van der Waals surface area contributed by atoms with E-state index >= 15 is 0 Å². The van der Waals surface area contributed by atoms with E-state index in [2.05, 4.69) is 10.3 Å². The molecule has 6 heteroatoms. The van der Waals surface area contributed by atoms with Gasteiger partial charge in [0.1, 0.15) is 5.82 Å². The summed E-state index contributed by atoms with van der Waals surface area (Å²) in [6.07, 6.45) is 6.05. The van der Waals surface area contributed by atoms with Crippen molar-refractivity contribution in [3.63, 3.8) is 0 Å². The lowest BCUT2D eigenvalue weighted by Crippen LogP contribution is -2.01. The van der Waals surface area contributed by atoms with Gasteiger partial charge in [-0.05, 0) is 18.6 Å². The maximum Gasteiger partial charge on any atom is 0.212 e. The molecule has 2 aromatic heterocycles. The van der Waals surface area contributed by atoms with Gasteiger partial charge in [-0.15, -0.1) is 0 Å². The van der Waals surface area contributed by atoms with Crippen LogP contribution in [0, 0.1) is 6.92 Å². The molecule has 0 aliphatic carbocycles. The Kier molecular flexibility index (Phi) is 6.95. The second kappa shape index (κ2) is 9.17. The number of halogens is 1. The topological polar surface area (TPSA) is 67.2 Å². The number of rotatable bonds is 5. The zero-order valence-corrected chi connectivity index (χ0v) is 15.8. The first-order chi connectivity index (χ1) is 12.6. The van der Waals surface area contributed by atoms with Crippen LogP contribution in [0.4, 0.5) is 5.82 Å². The van der Waals surface area contributed by atoms with Crippen LogP contribution < -0.4 is 5.32 Å². The molecule has 0 fully saturated rings. The second-order valence-corrected chi connectivity index (χ2v) is 5.77. The fourth-order valence-electron chi connectivity index (χ4n) is 2.61. The molecule has 5 nitrogen and oxygen atoms in total. The van der Waals surface area contributed by atoms with Gasteiger partial charge in [0.05, 0.1) is 12.3 Å². The smallest absolute Gasteiger partial charge is 0.212 e. The van der Waals surface area contributed by atoms with E-state index in [1.54, 1.807) is 12.3 Å². The van der Waals surface area contributed by atoms with Crippen molar-refractivity contribution in [2.45, 2.75) is 27.4 Å². The molecule has 0 radical (unpaired) electrons. The van der Waals surface area contributed by atoms with Crippen molar-refractivity contribution < 1.29 is 9.90 Å². The minimum Gasteiger partial charge on any atom is -0.392 e. The third-order valence-corrected chi connectivity index (χ3v) is 4.13. The minimum atomic E-state index is -0.100. The van der Waals surface area contributed by atoms with Crippen LogP contribution in [0.25, 0.3) is 16.8 Å². The molecule has 136 valence electrons. The zero-order valence-electron chi connectivity index (χ0n) is 15.0. The second-order valence-electron chi connectivity index (χ2n) is 5.36. The highest BCUT2D eigenvalue weighted by Crippen LogP contribution is 2.32. The maximum absolute atomic E-state index is 10.6. The van der Waals surface area contributed by atoms with Crippen molar-refractivity contribution in [1.29, 1.82) is 0 Å². The number of hydrogen-bond donors (Lipinski definition) is 2. The largest absolute Gasteiger partial charge is 0.392 e. The molecule has 3 aromatic rings. The molecule has 0 saturated carbocycles. The summed E-state index contributed by atoms with van der Waals surface area (Å²) in [5.74, 6) is 0.462. The highest BCUT2D eigenvalue weighted by atomic mass is 35.5. The lowest BCUT2D eigenvalue weighted by atomic mass is 10.1. The molecule has 26 heavy (non-hydrogen) atoms. The summed E-state index contributed by atoms with van der Waals surface area (Å²) in [5.41, 5.74) is 4.30. The summed E-state index contributed by atoms with van der Waals surface area (Å²) < 4.78 is 1.90. The molecule has 1 aromatic carbocycles. The Hall–Kier alpha value is -2.63. The first-order valence-electron chi connectivity index (χ1n) is 8.38. The number of aliphatic hydroxyl groups excluding tert-OH is 1. The highest BCUT2D eigenvalue weighted by Gasteiger charge is 2.13. The normalized spacial score (nSPS) is 10.0. The first kappa shape index (κ1) is 19.7. The first-order valence-corrected chi connectivity index (χ1v) is 8.75. The summed E-state index contributed by atoms with van der Waals surface area (Å²) in [6, 6.07) is 9.29. The fraction of sp³-hybridized carbons (Fsp3) is 0.200. The van der Waals surface area contributed by atoms with Gasteiger partial charge in [0.25, 0.3) is 0 Å². The van der Waals surface area contributed by atoms with Crippen molar-refractivity contribution in [2.75, 3.05) is 5.32 Å². The fourth-order valence-corrected chi connectivity index (χ4v) is 2.85. The van der Waals surface area contributed by atoms with Crippen LogP contribution in [-0.4, -0.2) is 21.1 Å². The third-order valence-electron chi connectivity index (χ3n) is 3.80. The van der Waals surface area contributed by atoms with Gasteiger partial charge >= 0.3 is 0 Å². The number of anilines is 1. The zero-order chi connectivity index (χ0) is 19.1. The molecule has 3 rings (SSSR count). The van der Waals surface area contributed by atoms with Crippen LogP contribution in [0.5, 0.6) is 0 Å². The molecular formula is C20H22ClN3O2. The monoisotopic (exact) mass is 371 g/mol. The number of amides is 1. The number of pyridine rings is 1. The average Bonchev–Trinajstić information content (AvgIpc) is 3.09. The molecule has 0 aliphatic heterocycles. The standard InChI is InChI=1S/C18H16ClN3O2.C2H6/c1-12-7-20-18(21-11-24)6-17(12)22-8-13(10-23)15(9-22)14-4-2-3-5-16(14)19;1-2/h2-9,11,23H,10H2,1H3,(H,20,21,24);1-2H3. The number of nitrogens with zero attached hydrogens (tertiary/aromatic N) is 2. The van der Waals surface area contributed by atoms with Crippen molar-refractivity contribution >= 4 is 23.8 Å². The Balaban J connectivity index is 0.00000117. The van der Waals surface area contributed by atoms with E-state index in [0.717, 1.165) is 27.9 Å². The van der Waals surface area contributed by atoms with Crippen LogP contribution in [0.2, 0.25) is 5.02 Å². The van der Waals surface area contributed by atoms with Crippen LogP contribution in [0.3, 0.4) is 0 Å². The van der Waals surface area contributed by atoms with Gasteiger partial charge in [-0.1, -0.05) is 43.6 Å².